The Bertz CT molecular complexity index is 589. The molecule has 1 amide bonds. The minimum atomic E-state index is -0.346. The topological polar surface area (TPSA) is 42.0 Å². The Labute approximate surface area is 124 Å². The number of pyridine rings is 1. The summed E-state index contributed by atoms with van der Waals surface area (Å²) in [5.74, 6) is -0.568. The maximum Gasteiger partial charge on any atom is 0.252 e. The van der Waals surface area contributed by atoms with Crippen LogP contribution in [-0.2, 0) is 0 Å². The number of hydrogen-bond acceptors (Lipinski definition) is 2. The lowest BCUT2D eigenvalue weighted by Gasteiger charge is -2.14. The first-order valence-corrected chi connectivity index (χ1v) is 6.81. The molecule has 0 saturated carbocycles. The van der Waals surface area contributed by atoms with E-state index in [1.54, 1.807) is 12.4 Å². The summed E-state index contributed by atoms with van der Waals surface area (Å²) in [4.78, 5) is 16.1. The van der Waals surface area contributed by atoms with Gasteiger partial charge in [-0.15, -0.1) is 0 Å². The highest BCUT2D eigenvalue weighted by molar-refractivity contribution is 14.1. The van der Waals surface area contributed by atoms with Gasteiger partial charge in [-0.2, -0.15) is 0 Å². The Hall–Kier alpha value is -1.50. The van der Waals surface area contributed by atoms with Gasteiger partial charge in [0, 0.05) is 16.0 Å². The molecule has 0 fully saturated rings. The zero-order valence-corrected chi connectivity index (χ0v) is 12.4. The van der Waals surface area contributed by atoms with Crippen LogP contribution in [0, 0.1) is 9.39 Å². The fourth-order valence-corrected chi connectivity index (χ4v) is 2.39. The van der Waals surface area contributed by atoms with Crippen LogP contribution in [0.4, 0.5) is 4.39 Å². The van der Waals surface area contributed by atoms with Crippen molar-refractivity contribution in [3.05, 3.63) is 63.2 Å². The van der Waals surface area contributed by atoms with Crippen molar-refractivity contribution in [2.75, 3.05) is 0 Å². The van der Waals surface area contributed by atoms with E-state index in [0.29, 0.717) is 9.13 Å². The molecule has 1 aromatic heterocycles. The second kappa shape index (κ2) is 6.10. The summed E-state index contributed by atoms with van der Waals surface area (Å²) in [5.41, 5.74) is 1.39. The van der Waals surface area contributed by atoms with Gasteiger partial charge in [-0.05, 0) is 59.3 Å². The molecular formula is C14H12FIN2O. The number of carbonyl (C=O) groups is 1. The molecule has 0 aliphatic carbocycles. The number of hydrogen-bond donors (Lipinski definition) is 1. The van der Waals surface area contributed by atoms with E-state index in [1.807, 2.05) is 41.6 Å². The Morgan fingerprint density at radius 3 is 2.84 bits per heavy atom. The number of rotatable bonds is 3. The number of nitrogens with one attached hydrogen (secondary N) is 1. The molecule has 0 radical (unpaired) electrons. The normalized spacial score (nSPS) is 11.9. The lowest BCUT2D eigenvalue weighted by atomic mass is 10.1. The van der Waals surface area contributed by atoms with Crippen LogP contribution in [0.25, 0.3) is 0 Å². The van der Waals surface area contributed by atoms with Crippen LogP contribution < -0.4 is 5.32 Å². The Morgan fingerprint density at radius 1 is 1.42 bits per heavy atom. The molecule has 0 bridgehead atoms. The highest BCUT2D eigenvalue weighted by atomic mass is 127. The Balaban J connectivity index is 2.13. The average molecular weight is 370 g/mol. The molecule has 0 aliphatic rings. The third-order valence-electron chi connectivity index (χ3n) is 2.71. The fourth-order valence-electron chi connectivity index (χ4n) is 1.66. The molecule has 2 rings (SSSR count). The number of carbonyl (C=O) groups excluding carboxylic acids is 1. The summed E-state index contributed by atoms with van der Waals surface area (Å²) in [7, 11) is 0. The van der Waals surface area contributed by atoms with Gasteiger partial charge in [-0.3, -0.25) is 9.78 Å². The fraction of sp³-hybridized carbons (Fsp3) is 0.143. The zero-order chi connectivity index (χ0) is 13.8. The first kappa shape index (κ1) is 13.9. The van der Waals surface area contributed by atoms with Crippen LogP contribution in [0.1, 0.15) is 28.9 Å². The van der Waals surface area contributed by atoms with E-state index < -0.39 is 0 Å². The third-order valence-corrected chi connectivity index (χ3v) is 3.60. The van der Waals surface area contributed by atoms with Gasteiger partial charge in [0.05, 0.1) is 11.6 Å². The molecule has 98 valence electrons. The highest BCUT2D eigenvalue weighted by Crippen LogP contribution is 2.16. The largest absolute Gasteiger partial charge is 0.345 e. The predicted octanol–water partition coefficient (Wildman–Crippen LogP) is 3.32. The van der Waals surface area contributed by atoms with Crippen molar-refractivity contribution >= 4 is 28.5 Å². The molecule has 3 nitrogen and oxygen atoms in total. The summed E-state index contributed by atoms with van der Waals surface area (Å²) in [6, 6.07) is 7.67. The lowest BCUT2D eigenvalue weighted by molar-refractivity contribution is 0.0939. The minimum absolute atomic E-state index is 0.151. The summed E-state index contributed by atoms with van der Waals surface area (Å²) in [6.45, 7) is 1.88. The molecule has 19 heavy (non-hydrogen) atoms. The van der Waals surface area contributed by atoms with Crippen LogP contribution in [0.5, 0.6) is 0 Å². The molecule has 0 aliphatic heterocycles. The summed E-state index contributed by atoms with van der Waals surface area (Å²) in [6.07, 6.45) is 3.39. The van der Waals surface area contributed by atoms with E-state index in [2.05, 4.69) is 10.3 Å². The van der Waals surface area contributed by atoms with Gasteiger partial charge >= 0.3 is 0 Å². The van der Waals surface area contributed by atoms with Crippen LogP contribution in [0.15, 0.2) is 42.7 Å². The third kappa shape index (κ3) is 3.50. The number of halogens is 2. The molecule has 1 heterocycles. The second-order valence-electron chi connectivity index (χ2n) is 4.11. The maximum absolute atomic E-state index is 13.0. The van der Waals surface area contributed by atoms with Crippen molar-refractivity contribution in [3.63, 3.8) is 0 Å². The van der Waals surface area contributed by atoms with E-state index in [9.17, 15) is 9.18 Å². The quantitative estimate of drug-likeness (QED) is 0.843. The first-order valence-electron chi connectivity index (χ1n) is 5.74. The van der Waals surface area contributed by atoms with E-state index in [4.69, 9.17) is 0 Å². The van der Waals surface area contributed by atoms with Crippen LogP contribution in [0.2, 0.25) is 0 Å². The van der Waals surface area contributed by atoms with Gasteiger partial charge in [0.2, 0.25) is 0 Å². The van der Waals surface area contributed by atoms with Crippen molar-refractivity contribution in [3.8, 4) is 0 Å². The lowest BCUT2D eigenvalue weighted by Crippen LogP contribution is -2.27. The van der Waals surface area contributed by atoms with Crippen molar-refractivity contribution < 1.29 is 9.18 Å². The van der Waals surface area contributed by atoms with Crippen molar-refractivity contribution in [1.82, 2.24) is 10.3 Å². The van der Waals surface area contributed by atoms with E-state index in [1.165, 1.54) is 18.2 Å². The first-order chi connectivity index (χ1) is 9.08. The molecule has 1 unspecified atom stereocenters. The van der Waals surface area contributed by atoms with Crippen molar-refractivity contribution in [1.29, 1.82) is 0 Å². The predicted molar refractivity (Wildman–Crippen MR) is 79.2 cm³/mol. The monoisotopic (exact) mass is 370 g/mol. The average Bonchev–Trinajstić information content (AvgIpc) is 2.39. The van der Waals surface area contributed by atoms with Crippen molar-refractivity contribution in [2.45, 2.75) is 13.0 Å². The molecule has 1 N–H and O–H groups in total. The van der Waals surface area contributed by atoms with Crippen LogP contribution >= 0.6 is 22.6 Å². The molecule has 0 saturated heterocycles. The molecule has 1 aromatic carbocycles. The zero-order valence-electron chi connectivity index (χ0n) is 10.2. The van der Waals surface area contributed by atoms with Crippen LogP contribution in [-0.4, -0.2) is 10.9 Å². The van der Waals surface area contributed by atoms with Gasteiger partial charge in [0.25, 0.3) is 5.91 Å². The van der Waals surface area contributed by atoms with Gasteiger partial charge in [0.1, 0.15) is 5.82 Å². The Kier molecular flexibility index (Phi) is 4.47. The van der Waals surface area contributed by atoms with Gasteiger partial charge in [0.15, 0.2) is 0 Å². The van der Waals surface area contributed by atoms with Gasteiger partial charge in [-0.25, -0.2) is 4.39 Å². The number of amides is 1. The molecule has 1 atom stereocenters. The molecule has 0 spiro atoms. The minimum Gasteiger partial charge on any atom is -0.345 e. The van der Waals surface area contributed by atoms with E-state index >= 15 is 0 Å². The SMILES string of the molecule is CC(NC(=O)c1ccc(F)cc1I)c1cccnc1. The summed E-state index contributed by atoms with van der Waals surface area (Å²) >= 11 is 1.95. The Morgan fingerprint density at radius 2 is 2.21 bits per heavy atom. The number of nitrogens with zero attached hydrogens (tertiary/aromatic N) is 1. The van der Waals surface area contributed by atoms with E-state index in [-0.39, 0.29) is 17.8 Å². The van der Waals surface area contributed by atoms with Crippen LogP contribution in [0.3, 0.4) is 0 Å². The highest BCUT2D eigenvalue weighted by Gasteiger charge is 2.14. The van der Waals surface area contributed by atoms with Gasteiger partial charge in [-0.1, -0.05) is 6.07 Å². The summed E-state index contributed by atoms with van der Waals surface area (Å²) in [5, 5.41) is 2.87. The maximum atomic E-state index is 13.0. The van der Waals surface area contributed by atoms with Gasteiger partial charge < -0.3 is 5.32 Å². The smallest absolute Gasteiger partial charge is 0.252 e. The van der Waals surface area contributed by atoms with Crippen molar-refractivity contribution in [2.24, 2.45) is 0 Å². The second-order valence-corrected chi connectivity index (χ2v) is 5.27. The molecule has 5 heteroatoms. The molecular weight excluding hydrogens is 358 g/mol. The number of aromatic nitrogens is 1. The molecule has 2 aromatic rings. The summed E-state index contributed by atoms with van der Waals surface area (Å²) < 4.78 is 13.6. The number of benzene rings is 1. The standard InChI is InChI=1S/C14H12FIN2O/c1-9(10-3-2-6-17-8-10)18-14(19)12-5-4-11(15)7-13(12)16/h2-9H,1H3,(H,18,19). The van der Waals surface area contributed by atoms with E-state index in [0.717, 1.165) is 5.56 Å².